The summed E-state index contributed by atoms with van der Waals surface area (Å²) in [5.74, 6) is -0.747. The van der Waals surface area contributed by atoms with E-state index >= 15 is 0 Å². The molecule has 1 aliphatic heterocycles. The van der Waals surface area contributed by atoms with Crippen LogP contribution in [-0.4, -0.2) is 17.2 Å². The molecule has 112 valence electrons. The number of nitrogens with zero attached hydrogens (tertiary/aromatic N) is 1. The van der Waals surface area contributed by atoms with Crippen molar-refractivity contribution in [3.8, 4) is 0 Å². The Morgan fingerprint density at radius 2 is 2.05 bits per heavy atom. The van der Waals surface area contributed by atoms with E-state index in [4.69, 9.17) is 0 Å². The SMILES string of the molecule is CCCCN1C(=CC(=O)c2ccccc2F)SC(C)=C1C. The average molecular weight is 305 g/mol. The van der Waals surface area contributed by atoms with Gasteiger partial charge >= 0.3 is 0 Å². The highest BCUT2D eigenvalue weighted by Crippen LogP contribution is 2.40. The Morgan fingerprint density at radius 1 is 1.33 bits per heavy atom. The number of halogens is 1. The molecule has 0 radical (unpaired) electrons. The summed E-state index contributed by atoms with van der Waals surface area (Å²) in [7, 11) is 0. The minimum absolute atomic E-state index is 0.128. The summed E-state index contributed by atoms with van der Waals surface area (Å²) in [6, 6.07) is 6.11. The Kier molecular flexibility index (Phi) is 5.23. The molecule has 0 aliphatic carbocycles. The number of rotatable bonds is 5. The zero-order chi connectivity index (χ0) is 15.4. The zero-order valence-electron chi connectivity index (χ0n) is 12.6. The van der Waals surface area contributed by atoms with Crippen LogP contribution in [-0.2, 0) is 0 Å². The molecule has 2 nitrogen and oxygen atoms in total. The first-order chi connectivity index (χ1) is 10.0. The quantitative estimate of drug-likeness (QED) is 0.567. The Morgan fingerprint density at radius 3 is 2.71 bits per heavy atom. The number of allylic oxidation sites excluding steroid dienone is 3. The molecule has 0 saturated heterocycles. The molecular weight excluding hydrogens is 285 g/mol. The summed E-state index contributed by atoms with van der Waals surface area (Å²) in [6.07, 6.45) is 3.72. The van der Waals surface area contributed by atoms with Gasteiger partial charge in [0.1, 0.15) is 5.82 Å². The fourth-order valence-corrected chi connectivity index (χ4v) is 3.27. The van der Waals surface area contributed by atoms with Gasteiger partial charge in [0.15, 0.2) is 5.78 Å². The molecule has 21 heavy (non-hydrogen) atoms. The lowest BCUT2D eigenvalue weighted by Crippen LogP contribution is -2.18. The monoisotopic (exact) mass is 305 g/mol. The molecule has 0 N–H and O–H groups in total. The second-order valence-corrected chi connectivity index (χ2v) is 6.31. The normalized spacial score (nSPS) is 17.0. The Bertz CT molecular complexity index is 607. The Labute approximate surface area is 129 Å². The Hall–Kier alpha value is -1.55. The van der Waals surface area contributed by atoms with E-state index < -0.39 is 5.82 Å². The first-order valence-corrected chi connectivity index (χ1v) is 7.99. The molecule has 4 heteroatoms. The van der Waals surface area contributed by atoms with Gasteiger partial charge in [-0.1, -0.05) is 37.2 Å². The molecule has 0 atom stereocenters. The molecule has 0 fully saturated rings. The van der Waals surface area contributed by atoms with Crippen molar-refractivity contribution in [3.05, 3.63) is 57.4 Å². The van der Waals surface area contributed by atoms with Crippen molar-refractivity contribution >= 4 is 17.5 Å². The van der Waals surface area contributed by atoms with E-state index in [0.29, 0.717) is 0 Å². The minimum Gasteiger partial charge on any atom is -0.339 e. The molecule has 1 aromatic carbocycles. The number of hydrogen-bond acceptors (Lipinski definition) is 3. The first kappa shape index (κ1) is 15.8. The summed E-state index contributed by atoms with van der Waals surface area (Å²) in [5, 5.41) is 0.895. The number of unbranched alkanes of at least 4 members (excludes halogenated alkanes) is 1. The lowest BCUT2D eigenvalue weighted by molar-refractivity contribution is 0.104. The second-order valence-electron chi connectivity index (χ2n) is 5.08. The summed E-state index contributed by atoms with van der Waals surface area (Å²) in [6.45, 7) is 7.14. The van der Waals surface area contributed by atoms with E-state index in [-0.39, 0.29) is 11.3 Å². The number of carbonyl (C=O) groups is 1. The van der Waals surface area contributed by atoms with E-state index in [9.17, 15) is 9.18 Å². The van der Waals surface area contributed by atoms with Gasteiger partial charge in [0.2, 0.25) is 0 Å². The van der Waals surface area contributed by atoms with Crippen LogP contribution in [0.1, 0.15) is 44.0 Å². The van der Waals surface area contributed by atoms with Gasteiger partial charge in [0, 0.05) is 23.2 Å². The topological polar surface area (TPSA) is 20.3 Å². The maximum absolute atomic E-state index is 13.7. The van der Waals surface area contributed by atoms with E-state index in [1.165, 1.54) is 22.7 Å². The Balaban J connectivity index is 2.24. The standard InChI is InChI=1S/C17H20FNOS/c1-4-5-10-19-12(2)13(3)21-17(19)11-16(20)14-8-6-7-9-15(14)18/h6-9,11H,4-5,10H2,1-3H3. The summed E-state index contributed by atoms with van der Waals surface area (Å²) in [4.78, 5) is 15.6. The number of carbonyl (C=O) groups excluding carboxylic acids is 1. The molecule has 0 aromatic heterocycles. The van der Waals surface area contributed by atoms with Gasteiger partial charge in [-0.3, -0.25) is 4.79 Å². The number of benzene rings is 1. The van der Waals surface area contributed by atoms with Gasteiger partial charge in [0.25, 0.3) is 0 Å². The van der Waals surface area contributed by atoms with Crippen LogP contribution >= 0.6 is 11.8 Å². The van der Waals surface area contributed by atoms with Crippen LogP contribution < -0.4 is 0 Å². The summed E-state index contributed by atoms with van der Waals surface area (Å²) < 4.78 is 13.7. The van der Waals surface area contributed by atoms with Crippen LogP contribution in [0.15, 0.2) is 46.0 Å². The van der Waals surface area contributed by atoms with Gasteiger partial charge in [-0.25, -0.2) is 4.39 Å². The number of hydrogen-bond donors (Lipinski definition) is 0. The van der Waals surface area contributed by atoms with Crippen LogP contribution in [0.2, 0.25) is 0 Å². The average Bonchev–Trinajstić information content (AvgIpc) is 2.72. The first-order valence-electron chi connectivity index (χ1n) is 7.18. The lowest BCUT2D eigenvalue weighted by Gasteiger charge is -2.21. The third-order valence-corrected chi connectivity index (χ3v) is 4.72. The fourth-order valence-electron chi connectivity index (χ4n) is 2.19. The van der Waals surface area contributed by atoms with E-state index in [1.54, 1.807) is 30.0 Å². The summed E-state index contributed by atoms with van der Waals surface area (Å²) in [5.41, 5.74) is 1.31. The van der Waals surface area contributed by atoms with E-state index in [0.717, 1.165) is 24.4 Å². The van der Waals surface area contributed by atoms with Gasteiger partial charge in [-0.15, -0.1) is 0 Å². The molecular formula is C17H20FNOS. The molecule has 1 aliphatic rings. The maximum atomic E-state index is 13.7. The highest BCUT2D eigenvalue weighted by molar-refractivity contribution is 8.06. The second kappa shape index (κ2) is 6.94. The van der Waals surface area contributed by atoms with Crippen LogP contribution in [0.3, 0.4) is 0 Å². The third-order valence-electron chi connectivity index (χ3n) is 3.57. The van der Waals surface area contributed by atoms with Crippen molar-refractivity contribution in [2.45, 2.75) is 33.6 Å². The van der Waals surface area contributed by atoms with Gasteiger partial charge < -0.3 is 4.90 Å². The molecule has 1 aromatic rings. The van der Waals surface area contributed by atoms with Gasteiger partial charge in [-0.2, -0.15) is 0 Å². The fraction of sp³-hybridized carbons (Fsp3) is 0.353. The summed E-state index contributed by atoms with van der Waals surface area (Å²) >= 11 is 1.58. The zero-order valence-corrected chi connectivity index (χ0v) is 13.5. The van der Waals surface area contributed by atoms with Crippen LogP contribution in [0.25, 0.3) is 0 Å². The minimum atomic E-state index is -0.469. The molecule has 0 amide bonds. The van der Waals surface area contributed by atoms with Gasteiger partial charge in [-0.05, 0) is 32.4 Å². The van der Waals surface area contributed by atoms with Crippen LogP contribution in [0, 0.1) is 5.82 Å². The van der Waals surface area contributed by atoms with Gasteiger partial charge in [0.05, 0.1) is 10.6 Å². The largest absolute Gasteiger partial charge is 0.339 e. The van der Waals surface area contributed by atoms with Crippen molar-refractivity contribution in [1.82, 2.24) is 4.90 Å². The van der Waals surface area contributed by atoms with Crippen molar-refractivity contribution in [2.75, 3.05) is 6.54 Å². The smallest absolute Gasteiger partial charge is 0.191 e. The predicted molar refractivity (Wildman–Crippen MR) is 86.4 cm³/mol. The predicted octanol–water partition coefficient (Wildman–Crippen LogP) is 4.95. The molecule has 0 bridgehead atoms. The van der Waals surface area contributed by atoms with E-state index in [1.807, 2.05) is 6.92 Å². The number of thioether (sulfide) groups is 1. The van der Waals surface area contributed by atoms with Crippen molar-refractivity contribution in [1.29, 1.82) is 0 Å². The maximum Gasteiger partial charge on any atom is 0.191 e. The highest BCUT2D eigenvalue weighted by Gasteiger charge is 2.23. The molecule has 0 spiro atoms. The molecule has 1 heterocycles. The van der Waals surface area contributed by atoms with Crippen molar-refractivity contribution < 1.29 is 9.18 Å². The van der Waals surface area contributed by atoms with Crippen molar-refractivity contribution in [3.63, 3.8) is 0 Å². The molecule has 2 rings (SSSR count). The number of ketones is 1. The third kappa shape index (κ3) is 3.56. The van der Waals surface area contributed by atoms with Crippen LogP contribution in [0.4, 0.5) is 4.39 Å². The molecule has 0 saturated carbocycles. The van der Waals surface area contributed by atoms with Crippen molar-refractivity contribution in [2.24, 2.45) is 0 Å². The van der Waals surface area contributed by atoms with E-state index in [2.05, 4.69) is 18.7 Å². The molecule has 0 unspecified atom stereocenters. The van der Waals surface area contributed by atoms with Crippen LogP contribution in [0.5, 0.6) is 0 Å². The highest BCUT2D eigenvalue weighted by atomic mass is 32.2. The lowest BCUT2D eigenvalue weighted by atomic mass is 10.1.